The van der Waals surface area contributed by atoms with Crippen LogP contribution in [-0.2, 0) is 6.54 Å². The number of hydrogen-bond donors (Lipinski definition) is 0. The van der Waals surface area contributed by atoms with Crippen LogP contribution in [-0.4, -0.2) is 40.1 Å². The van der Waals surface area contributed by atoms with Crippen LogP contribution in [0.5, 0.6) is 5.75 Å². The Balaban J connectivity index is 2.28. The fourth-order valence-electron chi connectivity index (χ4n) is 2.79. The van der Waals surface area contributed by atoms with Crippen LogP contribution in [0.4, 0.5) is 5.69 Å². The number of rotatable bonds is 6. The number of hydrogen-bond acceptors (Lipinski definition) is 6. The molecular weight excluding hydrogens is 348 g/mol. The first-order chi connectivity index (χ1) is 12.9. The molecule has 0 aliphatic heterocycles. The molecule has 1 aromatic heterocycles. The maximum atomic E-state index is 13.2. The molecule has 8 heteroatoms. The van der Waals surface area contributed by atoms with E-state index in [0.29, 0.717) is 29.3 Å². The molecule has 0 aliphatic carbocycles. The highest BCUT2D eigenvalue weighted by Crippen LogP contribution is 2.20. The van der Waals surface area contributed by atoms with E-state index in [1.807, 2.05) is 18.9 Å². The minimum atomic E-state index is -0.518. The Hall–Kier alpha value is -3.26. The SMILES string of the molecule is CCN(C)Cc1nc2ccc([N+](=O)[O-])cc2c(=O)n1-c1ccc(OC)cc1. The molecule has 140 valence electrons. The van der Waals surface area contributed by atoms with Gasteiger partial charge in [0.15, 0.2) is 0 Å². The van der Waals surface area contributed by atoms with E-state index in [2.05, 4.69) is 4.98 Å². The second-order valence-electron chi connectivity index (χ2n) is 6.16. The van der Waals surface area contributed by atoms with Crippen molar-refractivity contribution in [1.29, 1.82) is 0 Å². The zero-order chi connectivity index (χ0) is 19.6. The normalized spacial score (nSPS) is 11.1. The van der Waals surface area contributed by atoms with E-state index >= 15 is 0 Å². The van der Waals surface area contributed by atoms with Crippen molar-refractivity contribution in [2.45, 2.75) is 13.5 Å². The van der Waals surface area contributed by atoms with Gasteiger partial charge < -0.3 is 4.74 Å². The fraction of sp³-hybridized carbons (Fsp3) is 0.263. The molecule has 0 unspecified atom stereocenters. The summed E-state index contributed by atoms with van der Waals surface area (Å²) in [5.41, 5.74) is 0.588. The molecule has 0 fully saturated rings. The Morgan fingerprint density at radius 2 is 1.93 bits per heavy atom. The van der Waals surface area contributed by atoms with Crippen LogP contribution in [0.3, 0.4) is 0 Å². The number of fused-ring (bicyclic) bond motifs is 1. The van der Waals surface area contributed by atoms with Gasteiger partial charge in [0, 0.05) is 12.1 Å². The number of ether oxygens (including phenoxy) is 1. The van der Waals surface area contributed by atoms with E-state index in [1.54, 1.807) is 31.4 Å². The summed E-state index contributed by atoms with van der Waals surface area (Å²) in [4.78, 5) is 30.4. The first-order valence-corrected chi connectivity index (χ1v) is 8.47. The number of benzene rings is 2. The van der Waals surface area contributed by atoms with Crippen molar-refractivity contribution in [3.05, 3.63) is 68.8 Å². The van der Waals surface area contributed by atoms with Crippen molar-refractivity contribution in [3.63, 3.8) is 0 Å². The largest absolute Gasteiger partial charge is 0.497 e. The Morgan fingerprint density at radius 3 is 2.52 bits per heavy atom. The Bertz CT molecular complexity index is 1040. The van der Waals surface area contributed by atoms with Crippen molar-refractivity contribution < 1.29 is 9.66 Å². The number of nitrogens with zero attached hydrogens (tertiary/aromatic N) is 4. The first-order valence-electron chi connectivity index (χ1n) is 8.47. The van der Waals surface area contributed by atoms with Crippen molar-refractivity contribution >= 4 is 16.6 Å². The average molecular weight is 368 g/mol. The quantitative estimate of drug-likeness (QED) is 0.491. The highest BCUT2D eigenvalue weighted by atomic mass is 16.6. The lowest BCUT2D eigenvalue weighted by molar-refractivity contribution is -0.384. The second kappa shape index (κ2) is 7.55. The lowest BCUT2D eigenvalue weighted by Gasteiger charge is -2.18. The molecule has 3 rings (SSSR count). The van der Waals surface area contributed by atoms with Crippen LogP contribution >= 0.6 is 0 Å². The summed E-state index contributed by atoms with van der Waals surface area (Å²) in [5, 5.41) is 11.3. The predicted molar refractivity (Wildman–Crippen MR) is 103 cm³/mol. The van der Waals surface area contributed by atoms with Gasteiger partial charge in [0.1, 0.15) is 11.6 Å². The standard InChI is InChI=1S/C19H20N4O4/c1-4-21(2)12-18-20-17-10-7-14(23(25)26)11-16(17)19(24)22(18)13-5-8-15(27-3)9-6-13/h5-11H,4,12H2,1-3H3. The van der Waals surface area contributed by atoms with Gasteiger partial charge in [0.25, 0.3) is 11.2 Å². The molecule has 0 spiro atoms. The lowest BCUT2D eigenvalue weighted by Crippen LogP contribution is -2.28. The molecule has 8 nitrogen and oxygen atoms in total. The number of non-ortho nitro benzene ring substituents is 1. The minimum absolute atomic E-state index is 0.138. The summed E-state index contributed by atoms with van der Waals surface area (Å²) in [7, 11) is 3.50. The molecule has 1 heterocycles. The molecule has 2 aromatic carbocycles. The topological polar surface area (TPSA) is 90.5 Å². The molecule has 0 saturated carbocycles. The molecule has 0 N–H and O–H groups in total. The zero-order valence-electron chi connectivity index (χ0n) is 15.4. The summed E-state index contributed by atoms with van der Waals surface area (Å²) in [6.45, 7) is 3.27. The molecule has 0 atom stereocenters. The van der Waals surface area contributed by atoms with Crippen LogP contribution in [0.25, 0.3) is 16.6 Å². The van der Waals surface area contributed by atoms with Crippen molar-refractivity contribution in [2.24, 2.45) is 0 Å². The fourth-order valence-corrected chi connectivity index (χ4v) is 2.79. The highest BCUT2D eigenvalue weighted by molar-refractivity contribution is 5.80. The van der Waals surface area contributed by atoms with Gasteiger partial charge in [-0.25, -0.2) is 4.98 Å². The third kappa shape index (κ3) is 3.65. The maximum absolute atomic E-state index is 13.2. The van der Waals surface area contributed by atoms with Crippen molar-refractivity contribution in [1.82, 2.24) is 14.5 Å². The lowest BCUT2D eigenvalue weighted by atomic mass is 10.2. The summed E-state index contributed by atoms with van der Waals surface area (Å²) in [6, 6.07) is 11.2. The van der Waals surface area contributed by atoms with Gasteiger partial charge in [-0.2, -0.15) is 0 Å². The highest BCUT2D eigenvalue weighted by Gasteiger charge is 2.17. The van der Waals surface area contributed by atoms with Gasteiger partial charge >= 0.3 is 0 Å². The third-order valence-corrected chi connectivity index (χ3v) is 4.41. The minimum Gasteiger partial charge on any atom is -0.497 e. The summed E-state index contributed by atoms with van der Waals surface area (Å²) in [6.07, 6.45) is 0. The van der Waals surface area contributed by atoms with E-state index in [0.717, 1.165) is 6.54 Å². The van der Waals surface area contributed by atoms with Crippen LogP contribution in [0.15, 0.2) is 47.3 Å². The summed E-state index contributed by atoms with van der Waals surface area (Å²) >= 11 is 0. The first kappa shape index (κ1) is 18.5. The second-order valence-corrected chi connectivity index (χ2v) is 6.16. The summed E-state index contributed by atoms with van der Waals surface area (Å²) in [5.74, 6) is 1.24. The number of nitro benzene ring substituents is 1. The molecular formula is C19H20N4O4. The number of nitro groups is 1. The average Bonchev–Trinajstić information content (AvgIpc) is 2.68. The van der Waals surface area contributed by atoms with Gasteiger partial charge in [-0.3, -0.25) is 24.4 Å². The summed E-state index contributed by atoms with van der Waals surface area (Å²) < 4.78 is 6.67. The van der Waals surface area contributed by atoms with E-state index < -0.39 is 4.92 Å². The van der Waals surface area contributed by atoms with Crippen LogP contribution < -0.4 is 10.3 Å². The zero-order valence-corrected chi connectivity index (χ0v) is 15.4. The Morgan fingerprint density at radius 1 is 1.22 bits per heavy atom. The van der Waals surface area contributed by atoms with E-state index in [1.165, 1.54) is 22.8 Å². The molecule has 3 aromatic rings. The van der Waals surface area contributed by atoms with Crippen LogP contribution in [0.2, 0.25) is 0 Å². The number of methoxy groups -OCH3 is 1. The van der Waals surface area contributed by atoms with E-state index in [9.17, 15) is 14.9 Å². The third-order valence-electron chi connectivity index (χ3n) is 4.41. The van der Waals surface area contributed by atoms with Crippen LogP contribution in [0.1, 0.15) is 12.7 Å². The van der Waals surface area contributed by atoms with Gasteiger partial charge in [-0.05, 0) is 43.9 Å². The Labute approximate surface area is 155 Å². The molecule has 0 amide bonds. The molecule has 0 aliphatic rings. The molecule has 0 saturated heterocycles. The molecule has 0 radical (unpaired) electrons. The number of aromatic nitrogens is 2. The maximum Gasteiger partial charge on any atom is 0.270 e. The smallest absolute Gasteiger partial charge is 0.270 e. The molecule has 0 bridgehead atoms. The monoisotopic (exact) mass is 368 g/mol. The predicted octanol–water partition coefficient (Wildman–Crippen LogP) is 2.75. The van der Waals surface area contributed by atoms with Gasteiger partial charge in [0.2, 0.25) is 0 Å². The Kier molecular flexibility index (Phi) is 5.18. The van der Waals surface area contributed by atoms with E-state index in [4.69, 9.17) is 4.74 Å². The van der Waals surface area contributed by atoms with Gasteiger partial charge in [0.05, 0.1) is 35.2 Å². The van der Waals surface area contributed by atoms with Gasteiger partial charge in [-0.1, -0.05) is 6.92 Å². The van der Waals surface area contributed by atoms with Crippen molar-refractivity contribution in [3.8, 4) is 11.4 Å². The van der Waals surface area contributed by atoms with Crippen LogP contribution in [0, 0.1) is 10.1 Å². The molecule has 27 heavy (non-hydrogen) atoms. The van der Waals surface area contributed by atoms with Gasteiger partial charge in [-0.15, -0.1) is 0 Å². The van der Waals surface area contributed by atoms with E-state index in [-0.39, 0.29) is 16.6 Å². The van der Waals surface area contributed by atoms with Crippen molar-refractivity contribution in [2.75, 3.05) is 20.7 Å².